The number of para-hydroxylation sites is 1. The van der Waals surface area contributed by atoms with E-state index in [0.29, 0.717) is 22.9 Å². The van der Waals surface area contributed by atoms with Crippen LogP contribution in [0.3, 0.4) is 0 Å². The summed E-state index contributed by atoms with van der Waals surface area (Å²) in [5, 5.41) is 8.68. The molecule has 1 aromatic carbocycles. The van der Waals surface area contributed by atoms with Gasteiger partial charge in [0, 0.05) is 24.5 Å². The van der Waals surface area contributed by atoms with Gasteiger partial charge in [-0.25, -0.2) is 4.68 Å². The van der Waals surface area contributed by atoms with Crippen LogP contribution >= 0.6 is 11.6 Å². The average molecular weight is 346 g/mol. The van der Waals surface area contributed by atoms with Gasteiger partial charge in [0.05, 0.1) is 16.9 Å². The quantitative estimate of drug-likeness (QED) is 0.905. The first kappa shape index (κ1) is 15.6. The number of rotatable bonds is 2. The molecule has 126 valence electrons. The molecule has 24 heavy (non-hydrogen) atoms. The van der Waals surface area contributed by atoms with Gasteiger partial charge < -0.3 is 10.6 Å². The zero-order valence-electron chi connectivity index (χ0n) is 13.4. The van der Waals surface area contributed by atoms with E-state index in [0.717, 1.165) is 25.8 Å². The van der Waals surface area contributed by atoms with Crippen LogP contribution in [-0.2, 0) is 0 Å². The average Bonchev–Trinajstić information content (AvgIpc) is 3.03. The number of halogens is 1. The van der Waals surface area contributed by atoms with E-state index in [2.05, 4.69) is 10.3 Å². The fraction of sp³-hybridized carbons (Fsp3) is 0.471. The molecule has 1 amide bonds. The Hall–Kier alpha value is -1.92. The smallest absolute Gasteiger partial charge is 0.276 e. The van der Waals surface area contributed by atoms with Crippen LogP contribution in [0.25, 0.3) is 5.69 Å². The number of carbonyl (C=O) groups excluding carboxylic acids is 1. The first-order valence-electron chi connectivity index (χ1n) is 8.31. The van der Waals surface area contributed by atoms with Crippen molar-refractivity contribution >= 4 is 17.5 Å². The Labute approximate surface area is 145 Å². The minimum absolute atomic E-state index is 0.0773. The molecule has 1 saturated heterocycles. The Balaban J connectivity index is 1.54. The largest absolute Gasteiger partial charge is 0.337 e. The highest BCUT2D eigenvalue weighted by molar-refractivity contribution is 6.32. The molecular formula is C17H20ClN5O. The molecule has 7 heteroatoms. The summed E-state index contributed by atoms with van der Waals surface area (Å²) in [7, 11) is 0. The van der Waals surface area contributed by atoms with Crippen LogP contribution in [0.2, 0.25) is 5.02 Å². The molecule has 4 rings (SSSR count). The number of nitrogens with zero attached hydrogens (tertiary/aromatic N) is 4. The number of amides is 1. The highest BCUT2D eigenvalue weighted by Gasteiger charge is 2.47. The molecule has 0 bridgehead atoms. The molecule has 1 unspecified atom stereocenters. The maximum absolute atomic E-state index is 12.8. The van der Waals surface area contributed by atoms with Gasteiger partial charge in [-0.15, -0.1) is 5.10 Å². The van der Waals surface area contributed by atoms with Crippen LogP contribution in [0.5, 0.6) is 0 Å². The zero-order chi connectivity index (χ0) is 16.7. The molecule has 1 aliphatic heterocycles. The van der Waals surface area contributed by atoms with Crippen LogP contribution in [-0.4, -0.2) is 44.9 Å². The highest BCUT2D eigenvalue weighted by Crippen LogP contribution is 2.46. The summed E-state index contributed by atoms with van der Waals surface area (Å²) < 4.78 is 1.55. The molecule has 6 nitrogen and oxygen atoms in total. The first-order valence-corrected chi connectivity index (χ1v) is 8.69. The minimum atomic E-state index is -0.0773. The summed E-state index contributed by atoms with van der Waals surface area (Å²) in [6, 6.07) is 7.55. The molecule has 1 aliphatic carbocycles. The predicted octanol–water partition coefficient (Wildman–Crippen LogP) is 2.26. The standard InChI is InChI=1S/C17H20ClN5O/c18-12-4-1-2-5-14(12)23-10-13(20-21-23)16(24)22-9-6-15(19)17(11-22)7-3-8-17/h1-2,4-5,10,15H,3,6-9,11,19H2. The number of carbonyl (C=O) groups is 1. The van der Waals surface area contributed by atoms with Crippen LogP contribution < -0.4 is 5.73 Å². The van der Waals surface area contributed by atoms with Gasteiger partial charge in [-0.2, -0.15) is 0 Å². The van der Waals surface area contributed by atoms with Crippen LogP contribution in [0.1, 0.15) is 36.2 Å². The minimum Gasteiger partial charge on any atom is -0.337 e. The van der Waals surface area contributed by atoms with Crippen LogP contribution in [0, 0.1) is 5.41 Å². The SMILES string of the molecule is NC1CCN(C(=O)c2cn(-c3ccccc3Cl)nn2)CC12CCC2. The summed E-state index contributed by atoms with van der Waals surface area (Å²) in [6.07, 6.45) is 5.93. The van der Waals surface area contributed by atoms with E-state index in [1.54, 1.807) is 16.9 Å². The van der Waals surface area contributed by atoms with Gasteiger partial charge in [-0.3, -0.25) is 4.79 Å². The molecule has 1 aromatic heterocycles. The van der Waals surface area contributed by atoms with E-state index >= 15 is 0 Å². The summed E-state index contributed by atoms with van der Waals surface area (Å²) in [5.74, 6) is -0.0773. The second-order valence-electron chi connectivity index (χ2n) is 6.84. The van der Waals surface area contributed by atoms with Crippen LogP contribution in [0.4, 0.5) is 0 Å². The van der Waals surface area contributed by atoms with Crippen molar-refractivity contribution in [3.05, 3.63) is 41.2 Å². The highest BCUT2D eigenvalue weighted by atomic mass is 35.5. The fourth-order valence-electron chi connectivity index (χ4n) is 3.79. The van der Waals surface area contributed by atoms with Crippen molar-refractivity contribution in [1.82, 2.24) is 19.9 Å². The molecule has 2 N–H and O–H groups in total. The number of aromatic nitrogens is 3. The third-order valence-electron chi connectivity index (χ3n) is 5.45. The Morgan fingerprint density at radius 1 is 1.33 bits per heavy atom. The van der Waals surface area contributed by atoms with Crippen molar-refractivity contribution in [2.45, 2.75) is 31.7 Å². The maximum atomic E-state index is 12.8. The second kappa shape index (κ2) is 5.86. The molecular weight excluding hydrogens is 326 g/mol. The van der Waals surface area contributed by atoms with Crippen molar-refractivity contribution in [3.63, 3.8) is 0 Å². The molecule has 1 saturated carbocycles. The second-order valence-corrected chi connectivity index (χ2v) is 7.24. The van der Waals surface area contributed by atoms with Crippen molar-refractivity contribution in [2.75, 3.05) is 13.1 Å². The number of piperidine rings is 1. The molecule has 2 heterocycles. The van der Waals surface area contributed by atoms with Crippen molar-refractivity contribution in [2.24, 2.45) is 11.1 Å². The van der Waals surface area contributed by atoms with Gasteiger partial charge in [-0.1, -0.05) is 35.4 Å². The zero-order valence-corrected chi connectivity index (χ0v) is 14.1. The molecule has 0 radical (unpaired) electrons. The van der Waals surface area contributed by atoms with Gasteiger partial charge in [0.1, 0.15) is 0 Å². The predicted molar refractivity (Wildman–Crippen MR) is 91.1 cm³/mol. The number of nitrogens with two attached hydrogens (primary N) is 1. The van der Waals surface area contributed by atoms with Crippen molar-refractivity contribution < 1.29 is 4.79 Å². The first-order chi connectivity index (χ1) is 11.6. The van der Waals surface area contributed by atoms with Gasteiger partial charge in [0.25, 0.3) is 5.91 Å². The molecule has 2 aliphatic rings. The maximum Gasteiger partial charge on any atom is 0.276 e. The van der Waals surface area contributed by atoms with Gasteiger partial charge in [0.2, 0.25) is 0 Å². The molecule has 2 aromatic rings. The van der Waals surface area contributed by atoms with E-state index in [1.807, 2.05) is 23.1 Å². The van der Waals surface area contributed by atoms with Crippen molar-refractivity contribution in [1.29, 1.82) is 0 Å². The van der Waals surface area contributed by atoms with Crippen molar-refractivity contribution in [3.8, 4) is 5.69 Å². The van der Waals surface area contributed by atoms with Crippen LogP contribution in [0.15, 0.2) is 30.5 Å². The topological polar surface area (TPSA) is 77.0 Å². The molecule has 2 fully saturated rings. The number of benzene rings is 1. The summed E-state index contributed by atoms with van der Waals surface area (Å²) in [6.45, 7) is 1.41. The van der Waals surface area contributed by atoms with Gasteiger partial charge in [-0.05, 0) is 31.4 Å². The molecule has 1 spiro atoms. The summed E-state index contributed by atoms with van der Waals surface area (Å²) in [4.78, 5) is 14.7. The lowest BCUT2D eigenvalue weighted by atomic mass is 9.61. The fourth-order valence-corrected chi connectivity index (χ4v) is 4.01. The lowest BCUT2D eigenvalue weighted by molar-refractivity contribution is 0.00355. The van der Waals surface area contributed by atoms with Gasteiger partial charge >= 0.3 is 0 Å². The monoisotopic (exact) mass is 345 g/mol. The Kier molecular flexibility index (Phi) is 3.81. The summed E-state index contributed by atoms with van der Waals surface area (Å²) >= 11 is 6.18. The Morgan fingerprint density at radius 3 is 2.83 bits per heavy atom. The third kappa shape index (κ3) is 2.50. The lowest BCUT2D eigenvalue weighted by Crippen LogP contribution is -2.59. The van der Waals surface area contributed by atoms with E-state index in [-0.39, 0.29) is 17.4 Å². The van der Waals surface area contributed by atoms with E-state index in [1.165, 1.54) is 6.42 Å². The number of likely N-dealkylation sites (tertiary alicyclic amines) is 1. The van der Waals surface area contributed by atoms with Gasteiger partial charge in [0.15, 0.2) is 5.69 Å². The lowest BCUT2D eigenvalue weighted by Gasteiger charge is -2.52. The normalized spacial score (nSPS) is 22.4. The number of hydrogen-bond acceptors (Lipinski definition) is 4. The Bertz CT molecular complexity index is 770. The molecule has 1 atom stereocenters. The summed E-state index contributed by atoms with van der Waals surface area (Å²) in [5.41, 5.74) is 7.46. The van der Waals surface area contributed by atoms with E-state index < -0.39 is 0 Å². The third-order valence-corrected chi connectivity index (χ3v) is 5.77. The van der Waals surface area contributed by atoms with E-state index in [9.17, 15) is 4.79 Å². The Morgan fingerprint density at radius 2 is 2.12 bits per heavy atom. The number of hydrogen-bond donors (Lipinski definition) is 1. The van der Waals surface area contributed by atoms with E-state index in [4.69, 9.17) is 17.3 Å².